The predicted octanol–water partition coefficient (Wildman–Crippen LogP) is 2.61. The van der Waals surface area contributed by atoms with Crippen molar-refractivity contribution in [1.82, 2.24) is 14.9 Å². The zero-order valence-corrected chi connectivity index (χ0v) is 16.1. The van der Waals surface area contributed by atoms with Crippen LogP contribution in [0.5, 0.6) is 0 Å². The number of rotatable bonds is 2. The molecule has 2 aliphatic rings. The third kappa shape index (κ3) is 2.53. The average Bonchev–Trinajstić information content (AvgIpc) is 2.87. The van der Waals surface area contributed by atoms with Crippen LogP contribution >= 0.6 is 0 Å². The first-order chi connectivity index (χ1) is 12.4. The number of benzene rings is 1. The molecule has 1 aliphatic heterocycles. The summed E-state index contributed by atoms with van der Waals surface area (Å²) in [5, 5.41) is 11.3. The van der Waals surface area contributed by atoms with Gasteiger partial charge < -0.3 is 14.9 Å². The number of anilines is 1. The Morgan fingerprint density at radius 2 is 1.85 bits per heavy atom. The van der Waals surface area contributed by atoms with Crippen LogP contribution in [-0.4, -0.2) is 53.3 Å². The molecule has 4 rings (SSSR count). The zero-order chi connectivity index (χ0) is 18.5. The first-order valence-corrected chi connectivity index (χ1v) is 9.43. The van der Waals surface area contributed by atoms with E-state index in [1.54, 1.807) is 0 Å². The molecule has 0 radical (unpaired) electrons. The normalized spacial score (nSPS) is 24.3. The SMILES string of the molecule is Cc1cnc(C)c(N2CCC3(CC2)c2ccccc2[C@H](N(C)C)[C@H]3O)n1. The minimum absolute atomic E-state index is 0.0678. The number of hydrogen-bond acceptors (Lipinski definition) is 5. The maximum Gasteiger partial charge on any atom is 0.150 e. The summed E-state index contributed by atoms with van der Waals surface area (Å²) in [6.07, 6.45) is 3.32. The summed E-state index contributed by atoms with van der Waals surface area (Å²) in [5.74, 6) is 0.991. The second kappa shape index (κ2) is 6.32. The van der Waals surface area contributed by atoms with Crippen molar-refractivity contribution in [2.75, 3.05) is 32.1 Å². The molecule has 1 aliphatic carbocycles. The van der Waals surface area contributed by atoms with Gasteiger partial charge in [-0.15, -0.1) is 0 Å². The van der Waals surface area contributed by atoms with Gasteiger partial charge in [0.1, 0.15) is 5.82 Å². The smallest absolute Gasteiger partial charge is 0.150 e. The molecule has 2 aromatic rings. The number of aryl methyl sites for hydroxylation is 2. The van der Waals surface area contributed by atoms with Crippen molar-refractivity contribution in [3.05, 3.63) is 53.0 Å². The second-order valence-corrected chi connectivity index (χ2v) is 8.00. The van der Waals surface area contributed by atoms with Crippen molar-refractivity contribution in [1.29, 1.82) is 0 Å². The van der Waals surface area contributed by atoms with E-state index in [1.165, 1.54) is 11.1 Å². The molecule has 0 amide bonds. The molecule has 0 bridgehead atoms. The molecule has 138 valence electrons. The number of aromatic nitrogens is 2. The molecule has 1 aromatic heterocycles. The molecule has 1 aromatic carbocycles. The van der Waals surface area contributed by atoms with E-state index in [9.17, 15) is 5.11 Å². The van der Waals surface area contributed by atoms with Crippen molar-refractivity contribution >= 4 is 5.82 Å². The quantitative estimate of drug-likeness (QED) is 0.900. The van der Waals surface area contributed by atoms with Gasteiger partial charge in [-0.3, -0.25) is 4.98 Å². The number of hydrogen-bond donors (Lipinski definition) is 1. The first-order valence-electron chi connectivity index (χ1n) is 9.43. The molecule has 1 spiro atoms. The lowest BCUT2D eigenvalue weighted by Crippen LogP contribution is -2.49. The van der Waals surface area contributed by atoms with Crippen LogP contribution in [0.3, 0.4) is 0 Å². The van der Waals surface area contributed by atoms with Gasteiger partial charge >= 0.3 is 0 Å². The maximum absolute atomic E-state index is 11.3. The van der Waals surface area contributed by atoms with Gasteiger partial charge in [-0.05, 0) is 51.9 Å². The van der Waals surface area contributed by atoms with E-state index in [2.05, 4.69) is 53.1 Å². The number of nitrogens with zero attached hydrogens (tertiary/aromatic N) is 4. The summed E-state index contributed by atoms with van der Waals surface area (Å²) in [6, 6.07) is 8.66. The Hall–Kier alpha value is -1.98. The van der Waals surface area contributed by atoms with Gasteiger partial charge in [0.15, 0.2) is 0 Å². The summed E-state index contributed by atoms with van der Waals surface area (Å²) in [7, 11) is 4.12. The predicted molar refractivity (Wildman–Crippen MR) is 104 cm³/mol. The standard InChI is InChI=1S/C21H28N4O/c1-14-13-22-15(2)20(23-14)25-11-9-21(10-12-25)17-8-6-5-7-16(17)18(19(21)26)24(3)4/h5-8,13,18-19,26H,9-12H2,1-4H3/t18-,19+/m0/s1. The summed E-state index contributed by atoms with van der Waals surface area (Å²) < 4.78 is 0. The van der Waals surface area contributed by atoms with E-state index in [0.29, 0.717) is 0 Å². The monoisotopic (exact) mass is 352 g/mol. The lowest BCUT2D eigenvalue weighted by atomic mass is 9.72. The highest BCUT2D eigenvalue weighted by Crippen LogP contribution is 2.52. The Kier molecular flexibility index (Phi) is 4.24. The number of piperidine rings is 1. The summed E-state index contributed by atoms with van der Waals surface area (Å²) in [4.78, 5) is 13.7. The van der Waals surface area contributed by atoms with E-state index in [0.717, 1.165) is 43.1 Å². The van der Waals surface area contributed by atoms with Crippen molar-refractivity contribution in [3.63, 3.8) is 0 Å². The van der Waals surface area contributed by atoms with Crippen LogP contribution in [0.2, 0.25) is 0 Å². The summed E-state index contributed by atoms with van der Waals surface area (Å²) >= 11 is 0. The number of likely N-dealkylation sites (N-methyl/N-ethyl adjacent to an activating group) is 1. The van der Waals surface area contributed by atoms with Crippen molar-refractivity contribution in [2.45, 2.75) is 44.2 Å². The molecular weight excluding hydrogens is 324 g/mol. The van der Waals surface area contributed by atoms with Gasteiger partial charge in [-0.1, -0.05) is 24.3 Å². The van der Waals surface area contributed by atoms with Crippen LogP contribution in [-0.2, 0) is 5.41 Å². The van der Waals surface area contributed by atoms with Gasteiger partial charge in [0.25, 0.3) is 0 Å². The minimum Gasteiger partial charge on any atom is -0.390 e. The average molecular weight is 352 g/mol. The van der Waals surface area contributed by atoms with Crippen LogP contribution in [0.25, 0.3) is 0 Å². The Morgan fingerprint density at radius 1 is 1.15 bits per heavy atom. The third-order valence-corrected chi connectivity index (χ3v) is 6.24. The van der Waals surface area contributed by atoms with Gasteiger partial charge in [0.05, 0.1) is 23.5 Å². The molecule has 1 fully saturated rings. The molecule has 2 heterocycles. The molecule has 5 nitrogen and oxygen atoms in total. The molecule has 5 heteroatoms. The van der Waals surface area contributed by atoms with Crippen molar-refractivity contribution in [2.24, 2.45) is 0 Å². The maximum atomic E-state index is 11.3. The lowest BCUT2D eigenvalue weighted by molar-refractivity contribution is 0.0166. The highest BCUT2D eigenvalue weighted by atomic mass is 16.3. The Labute approximate surface area is 155 Å². The highest BCUT2D eigenvalue weighted by molar-refractivity contribution is 5.49. The van der Waals surface area contributed by atoms with Crippen molar-refractivity contribution < 1.29 is 5.11 Å². The van der Waals surface area contributed by atoms with Crippen molar-refractivity contribution in [3.8, 4) is 0 Å². The van der Waals surface area contributed by atoms with E-state index in [1.807, 2.05) is 20.0 Å². The van der Waals surface area contributed by atoms with Gasteiger partial charge in [-0.2, -0.15) is 0 Å². The molecule has 0 saturated carbocycles. The van der Waals surface area contributed by atoms with E-state index >= 15 is 0 Å². The molecule has 26 heavy (non-hydrogen) atoms. The summed E-state index contributed by atoms with van der Waals surface area (Å²) in [5.41, 5.74) is 4.38. The molecular formula is C21H28N4O. The van der Waals surface area contributed by atoms with Gasteiger partial charge in [0, 0.05) is 24.7 Å². The Balaban J connectivity index is 1.65. The fourth-order valence-electron chi connectivity index (χ4n) is 4.91. The van der Waals surface area contributed by atoms with Crippen LogP contribution in [0.4, 0.5) is 5.82 Å². The fourth-order valence-corrected chi connectivity index (χ4v) is 4.91. The second-order valence-electron chi connectivity index (χ2n) is 8.00. The molecule has 2 atom stereocenters. The van der Waals surface area contributed by atoms with E-state index in [4.69, 9.17) is 4.98 Å². The fraction of sp³-hybridized carbons (Fsp3) is 0.524. The molecule has 1 N–H and O–H groups in total. The zero-order valence-electron chi connectivity index (χ0n) is 16.1. The summed E-state index contributed by atoms with van der Waals surface area (Å²) in [6.45, 7) is 5.79. The lowest BCUT2D eigenvalue weighted by Gasteiger charge is -2.44. The minimum atomic E-state index is -0.373. The Bertz CT molecular complexity index is 811. The Morgan fingerprint density at radius 3 is 2.54 bits per heavy atom. The molecule has 0 unspecified atom stereocenters. The van der Waals surface area contributed by atoms with E-state index in [-0.39, 0.29) is 17.6 Å². The highest BCUT2D eigenvalue weighted by Gasteiger charge is 2.53. The topological polar surface area (TPSA) is 52.5 Å². The molecule has 1 saturated heterocycles. The van der Waals surface area contributed by atoms with E-state index < -0.39 is 0 Å². The van der Waals surface area contributed by atoms with Gasteiger partial charge in [-0.25, -0.2) is 4.98 Å². The first kappa shape index (κ1) is 17.4. The number of fused-ring (bicyclic) bond motifs is 2. The van der Waals surface area contributed by atoms with Crippen LogP contribution in [0, 0.1) is 13.8 Å². The third-order valence-electron chi connectivity index (χ3n) is 6.24. The van der Waals surface area contributed by atoms with Crippen LogP contribution in [0.1, 0.15) is 41.4 Å². The number of aliphatic hydroxyl groups is 1. The van der Waals surface area contributed by atoms with Crippen LogP contribution < -0.4 is 4.90 Å². The largest absolute Gasteiger partial charge is 0.390 e. The number of aliphatic hydroxyl groups excluding tert-OH is 1. The van der Waals surface area contributed by atoms with Gasteiger partial charge in [0.2, 0.25) is 0 Å². The van der Waals surface area contributed by atoms with Crippen LogP contribution in [0.15, 0.2) is 30.5 Å².